The summed E-state index contributed by atoms with van der Waals surface area (Å²) in [5, 5.41) is 8.89. The van der Waals surface area contributed by atoms with E-state index in [2.05, 4.69) is 9.97 Å². The van der Waals surface area contributed by atoms with E-state index in [1.165, 1.54) is 0 Å². The Morgan fingerprint density at radius 2 is 2.15 bits per heavy atom. The third-order valence-corrected chi connectivity index (χ3v) is 3.37. The summed E-state index contributed by atoms with van der Waals surface area (Å²) in [5.41, 5.74) is -0.121. The number of nitrogens with zero attached hydrogens (tertiary/aromatic N) is 3. The molecule has 0 aliphatic carbocycles. The van der Waals surface area contributed by atoms with Crippen molar-refractivity contribution in [1.29, 1.82) is 0 Å². The predicted octanol–water partition coefficient (Wildman–Crippen LogP) is 0.0850. The van der Waals surface area contributed by atoms with E-state index >= 15 is 0 Å². The normalized spacial score (nSPS) is 14.3. The zero-order chi connectivity index (χ0) is 14.6. The molecule has 8 nitrogen and oxygen atoms in total. The molecule has 0 atom stereocenters. The van der Waals surface area contributed by atoms with Gasteiger partial charge in [0.2, 0.25) is 5.78 Å². The largest absolute Gasteiger partial charge is 0.476 e. The number of hydrogen-bond donors (Lipinski definition) is 2. The lowest BCUT2D eigenvalue weighted by atomic mass is 10.3. The highest BCUT2D eigenvalue weighted by Gasteiger charge is 2.33. The third-order valence-electron chi connectivity index (χ3n) is 3.37. The SMILES string of the molecule is CC(C)N1Cc2c([nH]c3nc(C(=O)O)cn3c2=O)C1=O. The summed E-state index contributed by atoms with van der Waals surface area (Å²) in [6.07, 6.45) is 1.15. The standard InChI is InChI=1S/C12H12N4O4/c1-5(2)15-3-6-8(10(15)18)14-12-13-7(11(19)20)4-16(12)9(6)17/h4-5H,3H2,1-2H3,(H,13,14)(H,19,20). The number of rotatable bonds is 2. The highest BCUT2D eigenvalue weighted by atomic mass is 16.4. The number of aromatic nitrogens is 3. The van der Waals surface area contributed by atoms with E-state index in [-0.39, 0.29) is 35.7 Å². The van der Waals surface area contributed by atoms with Crippen molar-refractivity contribution in [3.63, 3.8) is 0 Å². The fourth-order valence-electron chi connectivity index (χ4n) is 2.30. The van der Waals surface area contributed by atoms with Crippen LogP contribution in [0.3, 0.4) is 0 Å². The maximum atomic E-state index is 12.3. The number of nitrogens with one attached hydrogen (secondary N) is 1. The highest BCUT2D eigenvalue weighted by molar-refractivity contribution is 5.97. The maximum absolute atomic E-state index is 12.3. The molecule has 2 aromatic rings. The minimum absolute atomic E-state index is 0.0235. The Kier molecular flexibility index (Phi) is 2.43. The average molecular weight is 276 g/mol. The summed E-state index contributed by atoms with van der Waals surface area (Å²) < 4.78 is 1.12. The highest BCUT2D eigenvalue weighted by Crippen LogP contribution is 2.20. The second kappa shape index (κ2) is 3.92. The van der Waals surface area contributed by atoms with Crippen molar-refractivity contribution in [2.45, 2.75) is 26.4 Å². The molecule has 104 valence electrons. The van der Waals surface area contributed by atoms with Crippen LogP contribution in [0.1, 0.15) is 40.4 Å². The number of carboxylic acid groups (broad SMARTS) is 1. The first-order chi connectivity index (χ1) is 9.40. The van der Waals surface area contributed by atoms with Gasteiger partial charge in [0.05, 0.1) is 12.1 Å². The number of amides is 1. The van der Waals surface area contributed by atoms with Crippen molar-refractivity contribution in [3.8, 4) is 0 Å². The molecule has 1 aliphatic heterocycles. The van der Waals surface area contributed by atoms with Crippen LogP contribution in [-0.4, -0.2) is 42.3 Å². The Labute approximate surface area is 112 Å². The summed E-state index contributed by atoms with van der Waals surface area (Å²) >= 11 is 0. The van der Waals surface area contributed by atoms with Gasteiger partial charge < -0.3 is 15.0 Å². The van der Waals surface area contributed by atoms with E-state index in [9.17, 15) is 14.4 Å². The molecular formula is C12H12N4O4. The molecule has 0 aromatic carbocycles. The fraction of sp³-hybridized carbons (Fsp3) is 0.333. The Hall–Kier alpha value is -2.64. The van der Waals surface area contributed by atoms with Gasteiger partial charge >= 0.3 is 5.97 Å². The van der Waals surface area contributed by atoms with E-state index in [0.29, 0.717) is 5.56 Å². The van der Waals surface area contributed by atoms with Gasteiger partial charge in [0.1, 0.15) is 5.69 Å². The Morgan fingerprint density at radius 3 is 2.75 bits per heavy atom. The summed E-state index contributed by atoms with van der Waals surface area (Å²) in [7, 11) is 0. The monoisotopic (exact) mass is 276 g/mol. The van der Waals surface area contributed by atoms with Crippen LogP contribution < -0.4 is 5.56 Å². The van der Waals surface area contributed by atoms with Gasteiger partial charge in [-0.1, -0.05) is 0 Å². The first-order valence-corrected chi connectivity index (χ1v) is 6.08. The van der Waals surface area contributed by atoms with Crippen molar-refractivity contribution < 1.29 is 14.7 Å². The van der Waals surface area contributed by atoms with Crippen molar-refractivity contribution in [3.05, 3.63) is 33.5 Å². The van der Waals surface area contributed by atoms with E-state index < -0.39 is 11.5 Å². The van der Waals surface area contributed by atoms with Crippen LogP contribution in [0, 0.1) is 0 Å². The fourth-order valence-corrected chi connectivity index (χ4v) is 2.30. The van der Waals surface area contributed by atoms with Crippen molar-refractivity contribution >= 4 is 17.7 Å². The maximum Gasteiger partial charge on any atom is 0.356 e. The van der Waals surface area contributed by atoms with Crippen LogP contribution in [0.25, 0.3) is 5.78 Å². The molecule has 2 aromatic heterocycles. The van der Waals surface area contributed by atoms with Crippen molar-refractivity contribution in [2.24, 2.45) is 0 Å². The summed E-state index contributed by atoms with van der Waals surface area (Å²) in [6.45, 7) is 3.95. The smallest absolute Gasteiger partial charge is 0.356 e. The predicted molar refractivity (Wildman–Crippen MR) is 67.8 cm³/mol. The van der Waals surface area contributed by atoms with Gasteiger partial charge in [0.25, 0.3) is 11.5 Å². The Bertz CT molecular complexity index is 802. The van der Waals surface area contributed by atoms with E-state index in [0.717, 1.165) is 10.6 Å². The number of fused-ring (bicyclic) bond motifs is 2. The molecule has 0 radical (unpaired) electrons. The minimum atomic E-state index is -1.23. The molecule has 3 heterocycles. The van der Waals surface area contributed by atoms with Gasteiger partial charge in [-0.15, -0.1) is 0 Å². The van der Waals surface area contributed by atoms with Crippen LogP contribution in [-0.2, 0) is 6.54 Å². The van der Waals surface area contributed by atoms with Gasteiger partial charge in [-0.25, -0.2) is 9.78 Å². The molecule has 1 amide bonds. The van der Waals surface area contributed by atoms with E-state index in [4.69, 9.17) is 5.11 Å². The molecule has 2 N–H and O–H groups in total. The number of carbonyl (C=O) groups excluding carboxylic acids is 1. The summed E-state index contributed by atoms with van der Waals surface area (Å²) in [4.78, 5) is 43.5. The molecule has 0 unspecified atom stereocenters. The number of imidazole rings is 1. The molecule has 3 rings (SSSR count). The van der Waals surface area contributed by atoms with Gasteiger partial charge in [-0.2, -0.15) is 0 Å². The number of carboxylic acids is 1. The number of aromatic amines is 1. The van der Waals surface area contributed by atoms with Gasteiger partial charge in [-0.3, -0.25) is 14.0 Å². The molecule has 0 saturated heterocycles. The topological polar surface area (TPSA) is 108 Å². The minimum Gasteiger partial charge on any atom is -0.476 e. The first-order valence-electron chi connectivity index (χ1n) is 6.08. The number of aromatic carboxylic acids is 1. The summed E-state index contributed by atoms with van der Waals surface area (Å²) in [5.74, 6) is -1.43. The zero-order valence-corrected chi connectivity index (χ0v) is 10.9. The quantitative estimate of drug-likeness (QED) is 0.808. The molecule has 1 aliphatic rings. The Morgan fingerprint density at radius 1 is 1.45 bits per heavy atom. The number of H-pyrrole nitrogens is 1. The van der Waals surface area contributed by atoms with Gasteiger partial charge in [0.15, 0.2) is 5.69 Å². The second-order valence-corrected chi connectivity index (χ2v) is 4.94. The molecule has 0 bridgehead atoms. The molecule has 0 saturated carbocycles. The number of carbonyl (C=O) groups is 2. The molecule has 20 heavy (non-hydrogen) atoms. The van der Waals surface area contributed by atoms with Crippen LogP contribution in [0.2, 0.25) is 0 Å². The third kappa shape index (κ3) is 1.54. The molecule has 8 heteroatoms. The lowest BCUT2D eigenvalue weighted by molar-refractivity contribution is 0.0689. The first kappa shape index (κ1) is 12.4. The molecule has 0 spiro atoms. The second-order valence-electron chi connectivity index (χ2n) is 4.94. The van der Waals surface area contributed by atoms with Crippen LogP contribution >= 0.6 is 0 Å². The Balaban J connectivity index is 2.24. The van der Waals surface area contributed by atoms with E-state index in [1.807, 2.05) is 13.8 Å². The number of hydrogen-bond acceptors (Lipinski definition) is 4. The van der Waals surface area contributed by atoms with E-state index in [1.54, 1.807) is 4.90 Å². The molecular weight excluding hydrogens is 264 g/mol. The van der Waals surface area contributed by atoms with Gasteiger partial charge in [-0.05, 0) is 13.8 Å². The van der Waals surface area contributed by atoms with Gasteiger partial charge in [0, 0.05) is 12.2 Å². The van der Waals surface area contributed by atoms with Crippen LogP contribution in [0.5, 0.6) is 0 Å². The summed E-state index contributed by atoms with van der Waals surface area (Å²) in [6, 6.07) is -0.0235. The lowest BCUT2D eigenvalue weighted by Crippen LogP contribution is -2.31. The van der Waals surface area contributed by atoms with Crippen molar-refractivity contribution in [2.75, 3.05) is 0 Å². The van der Waals surface area contributed by atoms with Crippen LogP contribution in [0.15, 0.2) is 11.0 Å². The lowest BCUT2D eigenvalue weighted by Gasteiger charge is -2.19. The average Bonchev–Trinajstić information content (AvgIpc) is 2.93. The molecule has 0 fully saturated rings. The van der Waals surface area contributed by atoms with Crippen molar-refractivity contribution in [1.82, 2.24) is 19.3 Å². The van der Waals surface area contributed by atoms with Crippen LogP contribution in [0.4, 0.5) is 0 Å². The zero-order valence-electron chi connectivity index (χ0n) is 10.9.